The fourth-order valence-corrected chi connectivity index (χ4v) is 3.91. The van der Waals surface area contributed by atoms with Crippen LogP contribution in [0.3, 0.4) is 0 Å². The number of pyridine rings is 1. The number of imidazole rings is 1. The van der Waals surface area contributed by atoms with E-state index < -0.39 is 0 Å². The molecule has 0 radical (unpaired) electrons. The molecule has 2 aromatic carbocycles. The van der Waals surface area contributed by atoms with Crippen LogP contribution in [-0.2, 0) is 0 Å². The number of benzene rings is 2. The average molecular weight is 390 g/mol. The molecule has 0 saturated carbocycles. The summed E-state index contributed by atoms with van der Waals surface area (Å²) in [4.78, 5) is 17.3. The Labute approximate surface area is 168 Å². The smallest absolute Gasteiger partial charge is 0.140 e. The SMILES string of the molecule is Clc1ccc(N2CCN(c3ccccn3)CC2)cc1-c1nc2ccccc2[nH]1. The number of H-pyrrole nitrogens is 1. The molecule has 0 unspecified atom stereocenters. The molecule has 0 atom stereocenters. The molecule has 140 valence electrons. The van der Waals surface area contributed by atoms with E-state index in [-0.39, 0.29) is 0 Å². The number of nitrogens with one attached hydrogen (secondary N) is 1. The van der Waals surface area contributed by atoms with Gasteiger partial charge in [0.15, 0.2) is 0 Å². The second kappa shape index (κ2) is 7.17. The second-order valence-corrected chi connectivity index (χ2v) is 7.34. The quantitative estimate of drug-likeness (QED) is 0.556. The molecule has 28 heavy (non-hydrogen) atoms. The first-order chi connectivity index (χ1) is 13.8. The van der Waals surface area contributed by atoms with E-state index in [1.165, 1.54) is 5.69 Å². The highest BCUT2D eigenvalue weighted by molar-refractivity contribution is 6.33. The summed E-state index contributed by atoms with van der Waals surface area (Å²) >= 11 is 6.51. The first kappa shape index (κ1) is 17.1. The Hall–Kier alpha value is -3.05. The van der Waals surface area contributed by atoms with Gasteiger partial charge in [0.2, 0.25) is 0 Å². The zero-order valence-electron chi connectivity index (χ0n) is 15.3. The van der Waals surface area contributed by atoms with Crippen molar-refractivity contribution in [2.75, 3.05) is 36.0 Å². The van der Waals surface area contributed by atoms with Crippen LogP contribution in [0.2, 0.25) is 5.02 Å². The van der Waals surface area contributed by atoms with Crippen LogP contribution in [0.5, 0.6) is 0 Å². The van der Waals surface area contributed by atoms with Gasteiger partial charge in [0.1, 0.15) is 11.6 Å². The minimum atomic E-state index is 0.704. The fraction of sp³-hybridized carbons (Fsp3) is 0.182. The highest BCUT2D eigenvalue weighted by Gasteiger charge is 2.19. The molecule has 3 heterocycles. The number of nitrogens with zero attached hydrogens (tertiary/aromatic N) is 4. The Morgan fingerprint density at radius 2 is 1.64 bits per heavy atom. The van der Waals surface area contributed by atoms with Crippen LogP contribution in [0.15, 0.2) is 66.9 Å². The number of fused-ring (bicyclic) bond motifs is 1. The summed E-state index contributed by atoms with van der Waals surface area (Å²) in [6, 6.07) is 20.3. The Kier molecular flexibility index (Phi) is 4.37. The molecule has 1 aliphatic rings. The van der Waals surface area contributed by atoms with Crippen molar-refractivity contribution in [1.29, 1.82) is 0 Å². The highest BCUT2D eigenvalue weighted by Crippen LogP contribution is 2.32. The lowest BCUT2D eigenvalue weighted by molar-refractivity contribution is 0.647. The Morgan fingerprint density at radius 3 is 2.43 bits per heavy atom. The van der Waals surface area contributed by atoms with Crippen molar-refractivity contribution >= 4 is 34.1 Å². The van der Waals surface area contributed by atoms with Gasteiger partial charge in [-0.15, -0.1) is 0 Å². The van der Waals surface area contributed by atoms with E-state index in [2.05, 4.69) is 38.0 Å². The van der Waals surface area contributed by atoms with E-state index in [1.54, 1.807) is 0 Å². The van der Waals surface area contributed by atoms with Crippen LogP contribution < -0.4 is 9.80 Å². The number of aromatic nitrogens is 3. The van der Waals surface area contributed by atoms with Gasteiger partial charge < -0.3 is 14.8 Å². The van der Waals surface area contributed by atoms with Gasteiger partial charge in [0, 0.05) is 43.6 Å². The molecule has 1 N–H and O–H groups in total. The number of halogens is 1. The molecule has 5 nitrogen and oxygen atoms in total. The van der Waals surface area contributed by atoms with Crippen molar-refractivity contribution in [1.82, 2.24) is 15.0 Å². The highest BCUT2D eigenvalue weighted by atomic mass is 35.5. The maximum absolute atomic E-state index is 6.51. The normalized spacial score (nSPS) is 14.6. The fourth-order valence-electron chi connectivity index (χ4n) is 3.71. The molecule has 1 fully saturated rings. The van der Waals surface area contributed by atoms with Crippen molar-refractivity contribution in [3.63, 3.8) is 0 Å². The predicted molar refractivity (Wildman–Crippen MR) is 115 cm³/mol. The molecule has 0 amide bonds. The van der Waals surface area contributed by atoms with Crippen molar-refractivity contribution in [2.24, 2.45) is 0 Å². The van der Waals surface area contributed by atoms with Gasteiger partial charge in [-0.1, -0.05) is 29.8 Å². The largest absolute Gasteiger partial charge is 0.368 e. The van der Waals surface area contributed by atoms with Crippen LogP contribution in [0, 0.1) is 0 Å². The number of para-hydroxylation sites is 2. The molecule has 2 aromatic heterocycles. The third kappa shape index (κ3) is 3.18. The van der Waals surface area contributed by atoms with E-state index in [4.69, 9.17) is 16.6 Å². The Morgan fingerprint density at radius 1 is 0.857 bits per heavy atom. The van der Waals surface area contributed by atoms with Crippen LogP contribution in [0.1, 0.15) is 0 Å². The molecule has 4 aromatic rings. The van der Waals surface area contributed by atoms with Crippen LogP contribution >= 0.6 is 11.6 Å². The molecule has 1 saturated heterocycles. The molecular weight excluding hydrogens is 370 g/mol. The number of rotatable bonds is 3. The number of hydrogen-bond acceptors (Lipinski definition) is 4. The molecule has 0 spiro atoms. The summed E-state index contributed by atoms with van der Waals surface area (Å²) in [6.45, 7) is 3.77. The number of hydrogen-bond donors (Lipinski definition) is 1. The minimum absolute atomic E-state index is 0.704. The van der Waals surface area contributed by atoms with Crippen molar-refractivity contribution in [3.8, 4) is 11.4 Å². The minimum Gasteiger partial charge on any atom is -0.368 e. The zero-order chi connectivity index (χ0) is 18.9. The standard InChI is InChI=1S/C22H20ClN5/c23-18-9-8-16(15-17(18)22-25-19-5-1-2-6-20(19)26-22)27-11-13-28(14-12-27)21-7-3-4-10-24-21/h1-10,15H,11-14H2,(H,25,26). The summed E-state index contributed by atoms with van der Waals surface area (Å²) in [5.74, 6) is 1.85. The third-order valence-corrected chi connectivity index (χ3v) is 5.54. The van der Waals surface area contributed by atoms with Gasteiger partial charge in [-0.3, -0.25) is 0 Å². The number of aromatic amines is 1. The Balaban J connectivity index is 1.39. The van der Waals surface area contributed by atoms with E-state index in [0.717, 1.165) is 54.4 Å². The van der Waals surface area contributed by atoms with Gasteiger partial charge in [0.05, 0.1) is 16.1 Å². The van der Waals surface area contributed by atoms with Gasteiger partial charge >= 0.3 is 0 Å². The molecule has 5 rings (SSSR count). The average Bonchev–Trinajstić information content (AvgIpc) is 3.19. The third-order valence-electron chi connectivity index (χ3n) is 5.21. The lowest BCUT2D eigenvalue weighted by Gasteiger charge is -2.36. The summed E-state index contributed by atoms with van der Waals surface area (Å²) in [5, 5.41) is 0.704. The van der Waals surface area contributed by atoms with Crippen LogP contribution in [0.25, 0.3) is 22.4 Å². The maximum Gasteiger partial charge on any atom is 0.140 e. The number of anilines is 2. The van der Waals surface area contributed by atoms with Gasteiger partial charge in [0.25, 0.3) is 0 Å². The topological polar surface area (TPSA) is 48.1 Å². The lowest BCUT2D eigenvalue weighted by Crippen LogP contribution is -2.46. The lowest BCUT2D eigenvalue weighted by atomic mass is 10.1. The van der Waals surface area contributed by atoms with Crippen LogP contribution in [-0.4, -0.2) is 41.1 Å². The zero-order valence-corrected chi connectivity index (χ0v) is 16.1. The van der Waals surface area contributed by atoms with Crippen molar-refractivity contribution < 1.29 is 0 Å². The summed E-state index contributed by atoms with van der Waals surface area (Å²) < 4.78 is 0. The van der Waals surface area contributed by atoms with Gasteiger partial charge in [-0.05, 0) is 42.5 Å². The first-order valence-corrected chi connectivity index (χ1v) is 9.81. The summed E-state index contributed by atoms with van der Waals surface area (Å²) in [5.41, 5.74) is 4.06. The van der Waals surface area contributed by atoms with Crippen LogP contribution in [0.4, 0.5) is 11.5 Å². The number of piperazine rings is 1. The summed E-state index contributed by atoms with van der Waals surface area (Å²) in [7, 11) is 0. The Bertz CT molecular complexity index is 1070. The van der Waals surface area contributed by atoms with E-state index in [9.17, 15) is 0 Å². The molecule has 6 heteroatoms. The first-order valence-electron chi connectivity index (χ1n) is 9.43. The molecular formula is C22H20ClN5. The van der Waals surface area contributed by atoms with Gasteiger partial charge in [-0.2, -0.15) is 0 Å². The van der Waals surface area contributed by atoms with Gasteiger partial charge in [-0.25, -0.2) is 9.97 Å². The van der Waals surface area contributed by atoms with Crippen molar-refractivity contribution in [2.45, 2.75) is 0 Å². The second-order valence-electron chi connectivity index (χ2n) is 6.93. The summed E-state index contributed by atoms with van der Waals surface area (Å²) in [6.07, 6.45) is 1.85. The van der Waals surface area contributed by atoms with E-state index in [0.29, 0.717) is 5.02 Å². The monoisotopic (exact) mass is 389 g/mol. The van der Waals surface area contributed by atoms with E-state index in [1.807, 2.05) is 48.7 Å². The maximum atomic E-state index is 6.51. The molecule has 0 aliphatic carbocycles. The predicted octanol–water partition coefficient (Wildman–Crippen LogP) is 4.60. The van der Waals surface area contributed by atoms with Crippen molar-refractivity contribution in [3.05, 3.63) is 71.9 Å². The molecule has 1 aliphatic heterocycles. The van der Waals surface area contributed by atoms with E-state index >= 15 is 0 Å². The molecule has 0 bridgehead atoms.